The standard InChI is InChI=1S/C17H24N4/c1-5-14-7-8-15(19-11-14)10-17(18-6-2)16-9-12(3)20-21-13(16)4/h7-9,11,17-18H,5-6,10H2,1-4H3. The van der Waals surface area contributed by atoms with Crippen molar-refractivity contribution in [3.8, 4) is 0 Å². The molecule has 1 unspecified atom stereocenters. The Hall–Kier alpha value is -1.81. The van der Waals surface area contributed by atoms with Gasteiger partial charge in [0.05, 0.1) is 11.4 Å². The zero-order chi connectivity index (χ0) is 15.2. The average Bonchev–Trinajstić information content (AvgIpc) is 2.50. The first kappa shape index (κ1) is 15.6. The Morgan fingerprint density at radius 2 is 1.95 bits per heavy atom. The Morgan fingerprint density at radius 3 is 2.57 bits per heavy atom. The van der Waals surface area contributed by atoms with Gasteiger partial charge in [-0.2, -0.15) is 10.2 Å². The van der Waals surface area contributed by atoms with Gasteiger partial charge in [-0.25, -0.2) is 0 Å². The van der Waals surface area contributed by atoms with Crippen molar-refractivity contribution in [1.29, 1.82) is 0 Å². The van der Waals surface area contributed by atoms with Crippen LogP contribution in [0.15, 0.2) is 24.4 Å². The maximum absolute atomic E-state index is 4.57. The third kappa shape index (κ3) is 4.08. The minimum Gasteiger partial charge on any atom is -0.310 e. The molecular formula is C17H24N4. The molecule has 0 aliphatic rings. The van der Waals surface area contributed by atoms with Crippen LogP contribution in [0.4, 0.5) is 0 Å². The smallest absolute Gasteiger partial charge is 0.0648 e. The molecule has 2 aromatic rings. The number of hydrogen-bond acceptors (Lipinski definition) is 4. The summed E-state index contributed by atoms with van der Waals surface area (Å²) in [4.78, 5) is 4.57. The van der Waals surface area contributed by atoms with Crippen LogP contribution in [0.25, 0.3) is 0 Å². The summed E-state index contributed by atoms with van der Waals surface area (Å²) in [5.41, 5.74) is 5.53. The normalized spacial score (nSPS) is 12.4. The number of nitrogens with zero attached hydrogens (tertiary/aromatic N) is 3. The molecule has 4 heteroatoms. The molecule has 0 saturated carbocycles. The Balaban J connectivity index is 2.23. The van der Waals surface area contributed by atoms with E-state index < -0.39 is 0 Å². The summed E-state index contributed by atoms with van der Waals surface area (Å²) in [6.45, 7) is 9.18. The zero-order valence-corrected chi connectivity index (χ0v) is 13.3. The van der Waals surface area contributed by atoms with Crippen LogP contribution in [0.3, 0.4) is 0 Å². The summed E-state index contributed by atoms with van der Waals surface area (Å²) in [5, 5.41) is 11.9. The van der Waals surface area contributed by atoms with E-state index in [1.807, 2.05) is 20.0 Å². The van der Waals surface area contributed by atoms with Crippen molar-refractivity contribution < 1.29 is 0 Å². The Kier molecular flexibility index (Phi) is 5.39. The molecule has 0 saturated heterocycles. The molecule has 0 bridgehead atoms. The maximum Gasteiger partial charge on any atom is 0.0648 e. The highest BCUT2D eigenvalue weighted by atomic mass is 15.1. The zero-order valence-electron chi connectivity index (χ0n) is 13.3. The number of nitrogens with one attached hydrogen (secondary N) is 1. The molecule has 0 fully saturated rings. The number of aromatic nitrogens is 3. The average molecular weight is 284 g/mol. The van der Waals surface area contributed by atoms with Crippen LogP contribution in [0.5, 0.6) is 0 Å². The van der Waals surface area contributed by atoms with Gasteiger partial charge in [0.15, 0.2) is 0 Å². The Bertz CT molecular complexity index is 578. The molecule has 0 spiro atoms. The van der Waals surface area contributed by atoms with Crippen LogP contribution < -0.4 is 5.32 Å². The van der Waals surface area contributed by atoms with Crippen LogP contribution in [0, 0.1) is 13.8 Å². The van der Waals surface area contributed by atoms with Gasteiger partial charge >= 0.3 is 0 Å². The lowest BCUT2D eigenvalue weighted by atomic mass is 10.00. The van der Waals surface area contributed by atoms with E-state index in [0.29, 0.717) is 0 Å². The molecule has 0 amide bonds. The lowest BCUT2D eigenvalue weighted by Gasteiger charge is -2.19. The van der Waals surface area contributed by atoms with E-state index in [2.05, 4.69) is 52.5 Å². The number of likely N-dealkylation sites (N-methyl/N-ethyl adjacent to an activating group) is 1. The molecule has 0 aromatic carbocycles. The van der Waals surface area contributed by atoms with E-state index in [4.69, 9.17) is 0 Å². The number of rotatable bonds is 6. The molecule has 4 nitrogen and oxygen atoms in total. The first-order valence-electron chi connectivity index (χ1n) is 7.62. The third-order valence-corrected chi connectivity index (χ3v) is 3.67. The third-order valence-electron chi connectivity index (χ3n) is 3.67. The first-order chi connectivity index (χ1) is 10.1. The fourth-order valence-corrected chi connectivity index (χ4v) is 2.46. The monoisotopic (exact) mass is 284 g/mol. The van der Waals surface area contributed by atoms with Gasteiger partial charge in [-0.15, -0.1) is 0 Å². The first-order valence-corrected chi connectivity index (χ1v) is 7.62. The second-order valence-electron chi connectivity index (χ2n) is 5.35. The van der Waals surface area contributed by atoms with E-state index >= 15 is 0 Å². The highest BCUT2D eigenvalue weighted by Crippen LogP contribution is 2.20. The molecular weight excluding hydrogens is 260 g/mol. The van der Waals surface area contributed by atoms with Gasteiger partial charge in [0.25, 0.3) is 0 Å². The maximum atomic E-state index is 4.57. The van der Waals surface area contributed by atoms with Crippen LogP contribution in [0.1, 0.15) is 48.1 Å². The largest absolute Gasteiger partial charge is 0.310 e. The highest BCUT2D eigenvalue weighted by molar-refractivity contribution is 5.26. The second kappa shape index (κ2) is 7.27. The van der Waals surface area contributed by atoms with Crippen LogP contribution in [-0.2, 0) is 12.8 Å². The molecule has 2 aromatic heterocycles. The SMILES string of the molecule is CCNC(Cc1ccc(CC)cn1)c1cc(C)nnc1C. The van der Waals surface area contributed by atoms with Crippen molar-refractivity contribution in [2.24, 2.45) is 0 Å². The van der Waals surface area contributed by atoms with Gasteiger partial charge < -0.3 is 5.32 Å². The molecule has 1 N–H and O–H groups in total. The Labute approximate surface area is 127 Å². The molecule has 21 heavy (non-hydrogen) atoms. The summed E-state index contributed by atoms with van der Waals surface area (Å²) in [5.74, 6) is 0. The number of pyridine rings is 1. The van der Waals surface area contributed by atoms with Gasteiger partial charge in [-0.1, -0.05) is 19.9 Å². The fraction of sp³-hybridized carbons (Fsp3) is 0.471. The number of hydrogen-bond donors (Lipinski definition) is 1. The molecule has 112 valence electrons. The van der Waals surface area contributed by atoms with Gasteiger partial charge in [0.2, 0.25) is 0 Å². The topological polar surface area (TPSA) is 50.7 Å². The van der Waals surface area contributed by atoms with E-state index in [-0.39, 0.29) is 6.04 Å². The van der Waals surface area contributed by atoms with Gasteiger partial charge in [0, 0.05) is 24.4 Å². The summed E-state index contributed by atoms with van der Waals surface area (Å²) in [6.07, 6.45) is 3.86. The molecule has 0 aliphatic carbocycles. The van der Waals surface area contributed by atoms with Crippen LogP contribution in [0.2, 0.25) is 0 Å². The Morgan fingerprint density at radius 1 is 1.14 bits per heavy atom. The van der Waals surface area contributed by atoms with Crippen molar-refractivity contribution in [1.82, 2.24) is 20.5 Å². The number of aryl methyl sites for hydroxylation is 3. The van der Waals surface area contributed by atoms with Gasteiger partial charge in [-0.05, 0) is 50.1 Å². The van der Waals surface area contributed by atoms with Crippen molar-refractivity contribution in [2.45, 2.75) is 46.6 Å². The van der Waals surface area contributed by atoms with E-state index in [1.165, 1.54) is 11.1 Å². The van der Waals surface area contributed by atoms with E-state index in [9.17, 15) is 0 Å². The van der Waals surface area contributed by atoms with E-state index in [1.54, 1.807) is 0 Å². The predicted octanol–water partition coefficient (Wildman–Crippen LogP) is 2.94. The van der Waals surface area contributed by atoms with Crippen molar-refractivity contribution >= 4 is 0 Å². The molecule has 2 heterocycles. The second-order valence-corrected chi connectivity index (χ2v) is 5.35. The van der Waals surface area contributed by atoms with Crippen molar-refractivity contribution in [3.63, 3.8) is 0 Å². The lowest BCUT2D eigenvalue weighted by Crippen LogP contribution is -2.24. The minimum atomic E-state index is 0.226. The fourth-order valence-electron chi connectivity index (χ4n) is 2.46. The summed E-state index contributed by atoms with van der Waals surface area (Å²) in [6, 6.07) is 6.63. The highest BCUT2D eigenvalue weighted by Gasteiger charge is 2.15. The van der Waals surface area contributed by atoms with Gasteiger partial charge in [-0.3, -0.25) is 4.98 Å². The molecule has 2 rings (SSSR count). The summed E-state index contributed by atoms with van der Waals surface area (Å²) in [7, 11) is 0. The molecule has 0 aliphatic heterocycles. The van der Waals surface area contributed by atoms with Crippen LogP contribution in [-0.4, -0.2) is 21.7 Å². The van der Waals surface area contributed by atoms with Crippen molar-refractivity contribution in [3.05, 3.63) is 52.6 Å². The molecule has 1 atom stereocenters. The summed E-state index contributed by atoms with van der Waals surface area (Å²) < 4.78 is 0. The summed E-state index contributed by atoms with van der Waals surface area (Å²) >= 11 is 0. The van der Waals surface area contributed by atoms with Crippen LogP contribution >= 0.6 is 0 Å². The van der Waals surface area contributed by atoms with Crippen molar-refractivity contribution in [2.75, 3.05) is 6.54 Å². The van der Waals surface area contributed by atoms with Gasteiger partial charge in [0.1, 0.15) is 0 Å². The van der Waals surface area contributed by atoms with E-state index in [0.717, 1.165) is 36.5 Å². The minimum absolute atomic E-state index is 0.226. The lowest BCUT2D eigenvalue weighted by molar-refractivity contribution is 0.537. The predicted molar refractivity (Wildman–Crippen MR) is 85.2 cm³/mol. The quantitative estimate of drug-likeness (QED) is 0.886. The molecule has 0 radical (unpaired) electrons.